The highest BCUT2D eigenvalue weighted by Crippen LogP contribution is 2.60. The van der Waals surface area contributed by atoms with Crippen molar-refractivity contribution in [2.75, 3.05) is 29.9 Å². The number of aliphatic hydroxyl groups excluding tert-OH is 1. The Hall–Kier alpha value is -3.12. The molecule has 44 heavy (non-hydrogen) atoms. The van der Waals surface area contributed by atoms with Crippen molar-refractivity contribution in [2.24, 2.45) is 5.92 Å². The van der Waals surface area contributed by atoms with Gasteiger partial charge < -0.3 is 34.4 Å². The lowest BCUT2D eigenvalue weighted by molar-refractivity contribution is -0.150. The number of hydrogen-bond acceptors (Lipinski definition) is 6. The number of aliphatic hydroxyl groups is 1. The van der Waals surface area contributed by atoms with E-state index in [9.17, 15) is 19.5 Å². The number of carbonyl (C=O) groups excluding carboxylic acids is 3. The van der Waals surface area contributed by atoms with Crippen LogP contribution in [0, 0.1) is 5.92 Å². The van der Waals surface area contributed by atoms with Crippen LogP contribution in [0.1, 0.15) is 50.2 Å². The Morgan fingerprint density at radius 2 is 1.89 bits per heavy atom. The van der Waals surface area contributed by atoms with Gasteiger partial charge in [-0.3, -0.25) is 14.4 Å². The molecule has 9 nitrogen and oxygen atoms in total. The molecule has 6 rings (SSSR count). The van der Waals surface area contributed by atoms with Gasteiger partial charge in [-0.2, -0.15) is 0 Å². The molecule has 0 saturated carbocycles. The van der Waals surface area contributed by atoms with Gasteiger partial charge in [0.1, 0.15) is 0 Å². The van der Waals surface area contributed by atoms with E-state index in [4.69, 9.17) is 4.74 Å². The number of nitrogens with one attached hydrogen (secondary N) is 2. The molecule has 0 radical (unpaired) electrons. The highest BCUT2D eigenvalue weighted by atomic mass is 28.4. The molecule has 1 spiro atoms. The van der Waals surface area contributed by atoms with Crippen molar-refractivity contribution in [2.45, 2.75) is 88.0 Å². The van der Waals surface area contributed by atoms with Gasteiger partial charge in [-0.25, -0.2) is 0 Å². The van der Waals surface area contributed by atoms with Gasteiger partial charge in [-0.1, -0.05) is 37.3 Å². The summed E-state index contributed by atoms with van der Waals surface area (Å²) < 4.78 is 22.8. The number of rotatable bonds is 8. The van der Waals surface area contributed by atoms with Crippen LogP contribution >= 0.6 is 0 Å². The first kappa shape index (κ1) is 30.9. The number of amides is 3. The fourth-order valence-electron chi connectivity index (χ4n) is 8.02. The van der Waals surface area contributed by atoms with Crippen LogP contribution in [-0.2, 0) is 31.3 Å². The Morgan fingerprint density at radius 1 is 1.14 bits per heavy atom. The van der Waals surface area contributed by atoms with Gasteiger partial charge in [0.2, 0.25) is 20.2 Å². The molecule has 11 heteroatoms. The van der Waals surface area contributed by atoms with Crippen LogP contribution in [0.15, 0.2) is 48.5 Å². The number of carbonyl (C=O) groups is 3. The van der Waals surface area contributed by atoms with E-state index in [0.717, 1.165) is 43.5 Å². The number of anilines is 2. The summed E-state index contributed by atoms with van der Waals surface area (Å²) in [5, 5.41) is 15.9. The summed E-state index contributed by atoms with van der Waals surface area (Å²) in [4.78, 5) is 43.9. The van der Waals surface area contributed by atoms with Crippen molar-refractivity contribution in [3.8, 4) is 0 Å². The first-order valence-corrected chi connectivity index (χ1v) is 18.8. The smallest absolute Gasteiger partial charge is 0.264 e. The minimum absolute atomic E-state index is 0.0212. The molecule has 6 atom stereocenters. The number of fused-ring (bicyclic) bond motifs is 2. The molecule has 2 aromatic carbocycles. The molecule has 0 unspecified atom stereocenters. The number of halogens is 1. The second-order valence-corrected chi connectivity index (χ2v) is 17.1. The molecule has 4 aliphatic rings. The predicted molar refractivity (Wildman–Crippen MR) is 168 cm³/mol. The number of benzene rings is 2. The Kier molecular flexibility index (Phi) is 8.42. The summed E-state index contributed by atoms with van der Waals surface area (Å²) >= 11 is 0. The van der Waals surface area contributed by atoms with Crippen LogP contribution in [0.25, 0.3) is 0 Å². The van der Waals surface area contributed by atoms with E-state index < -0.39 is 31.6 Å². The minimum Gasteiger partial charge on any atom is -0.394 e. The molecule has 2 aromatic rings. The molecule has 3 N–H and O–H groups in total. The fourth-order valence-corrected chi connectivity index (χ4v) is 10.5. The van der Waals surface area contributed by atoms with Crippen LogP contribution in [0.4, 0.5) is 15.5 Å². The zero-order chi connectivity index (χ0) is 31.2. The molecular weight excluding hydrogens is 579 g/mol. The van der Waals surface area contributed by atoms with E-state index in [-0.39, 0.29) is 49.4 Å². The number of likely N-dealkylation sites (tertiary alicyclic amines) is 1. The van der Waals surface area contributed by atoms with Gasteiger partial charge in [-0.05, 0) is 69.1 Å². The molecule has 236 valence electrons. The lowest BCUT2D eigenvalue weighted by atomic mass is 9.82. The van der Waals surface area contributed by atoms with Crippen molar-refractivity contribution >= 4 is 37.5 Å². The third-order valence-corrected chi connectivity index (χ3v) is 12.5. The zero-order valence-corrected chi connectivity index (χ0v) is 26.7. The molecule has 0 aliphatic carbocycles. The van der Waals surface area contributed by atoms with E-state index in [1.54, 1.807) is 22.9 Å². The van der Waals surface area contributed by atoms with Crippen LogP contribution < -0.4 is 15.5 Å². The number of ether oxygens (including phenoxy) is 1. The van der Waals surface area contributed by atoms with Crippen LogP contribution in [0.2, 0.25) is 18.6 Å². The number of nitrogens with zero attached hydrogens (tertiary/aromatic N) is 2. The molecule has 3 fully saturated rings. The van der Waals surface area contributed by atoms with Crippen LogP contribution in [0.3, 0.4) is 0 Å². The largest absolute Gasteiger partial charge is 0.394 e. The van der Waals surface area contributed by atoms with E-state index >= 15 is 4.11 Å². The number of hydrogen-bond donors (Lipinski definition) is 3. The maximum atomic E-state index is 16.1. The first-order valence-electron chi connectivity index (χ1n) is 15.9. The Morgan fingerprint density at radius 3 is 2.57 bits per heavy atom. The topological polar surface area (TPSA) is 111 Å². The van der Waals surface area contributed by atoms with Crippen LogP contribution in [0.5, 0.6) is 0 Å². The third-order valence-electron chi connectivity index (χ3n) is 10.1. The average molecular weight is 623 g/mol. The van der Waals surface area contributed by atoms with E-state index in [2.05, 4.69) is 10.6 Å². The van der Waals surface area contributed by atoms with E-state index in [1.807, 2.05) is 55.5 Å². The Balaban J connectivity index is 1.25. The molecule has 0 aromatic heterocycles. The van der Waals surface area contributed by atoms with E-state index in [1.165, 1.54) is 0 Å². The second-order valence-electron chi connectivity index (χ2n) is 13.3. The van der Waals surface area contributed by atoms with Gasteiger partial charge in [-0.15, -0.1) is 0 Å². The standard InChI is InChI=1S/C33H43FN4O5Si/c1-21-30(44(2,3)34)28(18-29(40)37-17-7-8-24(37)20-39)43-33(21)25-9-4-5-11-27(25)38(32(33)42)19-22-12-14-23(15-13-22)36-31(41)26-10-6-16-35-26/h4-5,9,11-15,21,24,26,28,30,35,39H,6-8,10,16-20H2,1-3H3,(H,36,41)/t21-,24+,26-,28+,30-,33+/m1/s1. The predicted octanol–water partition coefficient (Wildman–Crippen LogP) is 4.07. The normalized spacial score (nSPS) is 29.9. The van der Waals surface area contributed by atoms with Gasteiger partial charge >= 0.3 is 0 Å². The summed E-state index contributed by atoms with van der Waals surface area (Å²) in [7, 11) is -3.41. The Bertz CT molecular complexity index is 1410. The molecule has 3 amide bonds. The van der Waals surface area contributed by atoms with Gasteiger partial charge in [0.15, 0.2) is 5.60 Å². The lowest BCUT2D eigenvalue weighted by Gasteiger charge is -2.31. The van der Waals surface area contributed by atoms with Gasteiger partial charge in [0.05, 0.1) is 43.4 Å². The van der Waals surface area contributed by atoms with Crippen molar-refractivity contribution in [1.82, 2.24) is 10.2 Å². The summed E-state index contributed by atoms with van der Waals surface area (Å²) in [6, 6.07) is 14.6. The summed E-state index contributed by atoms with van der Waals surface area (Å²) in [5.41, 5.74) is 1.02. The van der Waals surface area contributed by atoms with Crippen molar-refractivity contribution in [3.63, 3.8) is 0 Å². The van der Waals surface area contributed by atoms with Gasteiger partial charge in [0.25, 0.3) is 5.91 Å². The molecule has 0 bridgehead atoms. The third kappa shape index (κ3) is 5.37. The molecule has 4 aliphatic heterocycles. The highest BCUT2D eigenvalue weighted by Gasteiger charge is 2.67. The second kappa shape index (κ2) is 12.0. The molecule has 3 saturated heterocycles. The van der Waals surface area contributed by atoms with E-state index in [0.29, 0.717) is 17.8 Å². The van der Waals surface area contributed by atoms with Crippen molar-refractivity contribution in [1.29, 1.82) is 0 Å². The highest BCUT2D eigenvalue weighted by molar-refractivity contribution is 6.72. The summed E-state index contributed by atoms with van der Waals surface area (Å²) in [6.07, 6.45) is 2.60. The maximum Gasteiger partial charge on any atom is 0.264 e. The monoisotopic (exact) mass is 622 g/mol. The Labute approximate surface area is 259 Å². The SMILES string of the molecule is C[C@@H]1[C@@H]([Si](C)(C)F)[C@H](CC(=O)N2CCC[C@H]2CO)O[C@@]12C(=O)N(Cc1ccc(NC(=O)[C@H]3CCCN3)cc1)c1ccccc12. The fraction of sp³-hybridized carbons (Fsp3) is 0.545. The van der Waals surface area contributed by atoms with Crippen molar-refractivity contribution in [3.05, 3.63) is 59.7 Å². The van der Waals surface area contributed by atoms with Crippen molar-refractivity contribution < 1.29 is 28.3 Å². The first-order chi connectivity index (χ1) is 21.0. The lowest BCUT2D eigenvalue weighted by Crippen LogP contribution is -2.45. The van der Waals surface area contributed by atoms with Gasteiger partial charge in [0, 0.05) is 29.3 Å². The minimum atomic E-state index is -3.41. The number of para-hydroxylation sites is 1. The maximum absolute atomic E-state index is 16.1. The average Bonchev–Trinajstić information content (AvgIpc) is 3.78. The van der Waals surface area contributed by atoms with Crippen LogP contribution in [-0.4, -0.2) is 74.0 Å². The summed E-state index contributed by atoms with van der Waals surface area (Å²) in [6.45, 7) is 6.74. The molecule has 4 heterocycles. The summed E-state index contributed by atoms with van der Waals surface area (Å²) in [5.74, 6) is -0.944. The molecular formula is C33H43FN4O5Si. The zero-order valence-electron chi connectivity index (χ0n) is 25.7. The quantitative estimate of drug-likeness (QED) is 0.303.